The van der Waals surface area contributed by atoms with Crippen LogP contribution in [0.1, 0.15) is 11.9 Å². The van der Waals surface area contributed by atoms with Gasteiger partial charge < -0.3 is 20.5 Å². The second-order valence-corrected chi connectivity index (χ2v) is 7.83. The highest BCUT2D eigenvalue weighted by Crippen LogP contribution is 2.30. The number of halogens is 1. The van der Waals surface area contributed by atoms with E-state index in [1.54, 1.807) is 13.0 Å². The van der Waals surface area contributed by atoms with Crippen LogP contribution in [0.2, 0.25) is 0 Å². The largest absolute Gasteiger partial charge is 0.442 e. The van der Waals surface area contributed by atoms with E-state index in [2.05, 4.69) is 20.8 Å². The lowest BCUT2D eigenvalue weighted by Gasteiger charge is -2.14. The van der Waals surface area contributed by atoms with Crippen LogP contribution >= 0.6 is 23.6 Å². The Bertz CT molecular complexity index is 938. The number of aromatic nitrogens is 2. The lowest BCUT2D eigenvalue weighted by molar-refractivity contribution is -0.123. The van der Waals surface area contributed by atoms with Gasteiger partial charge in [0.1, 0.15) is 23.5 Å². The first-order valence-electron chi connectivity index (χ1n) is 8.60. The van der Waals surface area contributed by atoms with E-state index in [1.807, 2.05) is 0 Å². The summed E-state index contributed by atoms with van der Waals surface area (Å²) in [7, 11) is 0. The normalized spacial score (nSPS) is 15.9. The zero-order chi connectivity index (χ0) is 21.0. The van der Waals surface area contributed by atoms with Gasteiger partial charge in [-0.3, -0.25) is 9.69 Å². The molecule has 1 aliphatic heterocycles. The number of carbonyl (C=O) groups is 2. The number of cyclic esters (lactones) is 1. The molecule has 1 saturated heterocycles. The molecule has 1 atom stereocenters. The number of ether oxygens (including phenoxy) is 1. The van der Waals surface area contributed by atoms with Gasteiger partial charge in [-0.25, -0.2) is 9.18 Å². The quantitative estimate of drug-likeness (QED) is 0.552. The molecule has 1 aromatic carbocycles. The summed E-state index contributed by atoms with van der Waals surface area (Å²) >= 11 is 6.06. The fourth-order valence-corrected chi connectivity index (χ4v) is 3.50. The Morgan fingerprint density at radius 2 is 2.24 bits per heavy atom. The van der Waals surface area contributed by atoms with Crippen molar-refractivity contribution in [3.63, 3.8) is 0 Å². The van der Waals surface area contributed by atoms with Crippen molar-refractivity contribution in [2.45, 2.75) is 19.6 Å². The highest BCUT2D eigenvalue weighted by molar-refractivity contribution is 7.80. The number of hydrogen-bond acceptors (Lipinski definition) is 8. The number of anilines is 1. The number of carbonyl (C=O) groups excluding carboxylic acids is 2. The lowest BCUT2D eigenvalue weighted by atomic mass is 10.2. The first-order chi connectivity index (χ1) is 13.9. The van der Waals surface area contributed by atoms with E-state index in [4.69, 9.17) is 22.1 Å². The lowest BCUT2D eigenvalue weighted by Crippen LogP contribution is -2.32. The SMILES string of the molecule is CC(=S)NCC1CN(c2ccc(-c3nnc(CNC(=O)CO)s3)c(F)c2)C(=O)O1. The summed E-state index contributed by atoms with van der Waals surface area (Å²) in [5.74, 6) is -1.10. The third-order valence-corrected chi connectivity index (χ3v) is 5.10. The Morgan fingerprint density at radius 3 is 2.93 bits per heavy atom. The number of nitrogens with one attached hydrogen (secondary N) is 2. The van der Waals surface area contributed by atoms with Crippen molar-refractivity contribution in [3.8, 4) is 10.6 Å². The van der Waals surface area contributed by atoms with Crippen LogP contribution in [0.25, 0.3) is 10.6 Å². The van der Waals surface area contributed by atoms with Crippen LogP contribution in [0.15, 0.2) is 18.2 Å². The summed E-state index contributed by atoms with van der Waals surface area (Å²) in [4.78, 5) is 25.1. The van der Waals surface area contributed by atoms with Crippen molar-refractivity contribution < 1.29 is 23.8 Å². The van der Waals surface area contributed by atoms with Gasteiger partial charge in [0.15, 0.2) is 5.01 Å². The molecule has 1 fully saturated rings. The maximum absolute atomic E-state index is 14.7. The summed E-state index contributed by atoms with van der Waals surface area (Å²) in [5, 5.41) is 22.7. The zero-order valence-corrected chi connectivity index (χ0v) is 17.0. The fraction of sp³-hybridized carbons (Fsp3) is 0.353. The standard InChI is InChI=1S/C17H18FN5O4S2/c1-9(28)19-5-11-7-23(17(26)27-11)10-2-3-12(13(18)4-10)16-22-21-15(29-16)6-20-14(25)8-24/h2-4,11,24H,5-8H2,1H3,(H,19,28)(H,20,25). The minimum Gasteiger partial charge on any atom is -0.442 e. The number of aliphatic hydroxyl groups is 1. The molecule has 2 aromatic rings. The molecule has 3 N–H and O–H groups in total. The van der Waals surface area contributed by atoms with E-state index in [9.17, 15) is 14.0 Å². The van der Waals surface area contributed by atoms with Crippen molar-refractivity contribution in [1.29, 1.82) is 0 Å². The Morgan fingerprint density at radius 1 is 1.45 bits per heavy atom. The predicted molar refractivity (Wildman–Crippen MR) is 108 cm³/mol. The monoisotopic (exact) mass is 439 g/mol. The van der Waals surface area contributed by atoms with Crippen molar-refractivity contribution in [2.75, 3.05) is 24.6 Å². The summed E-state index contributed by atoms with van der Waals surface area (Å²) in [6.07, 6.45) is -0.938. The Labute approximate surface area is 174 Å². The van der Waals surface area contributed by atoms with Gasteiger partial charge in [-0.2, -0.15) is 0 Å². The second kappa shape index (κ2) is 9.20. The molecule has 1 aromatic heterocycles. The van der Waals surface area contributed by atoms with Gasteiger partial charge in [-0.15, -0.1) is 10.2 Å². The minimum absolute atomic E-state index is 0.0903. The smallest absolute Gasteiger partial charge is 0.414 e. The van der Waals surface area contributed by atoms with Gasteiger partial charge >= 0.3 is 6.09 Å². The highest BCUT2D eigenvalue weighted by atomic mass is 32.1. The van der Waals surface area contributed by atoms with Gasteiger partial charge in [-0.05, 0) is 25.1 Å². The summed E-state index contributed by atoms with van der Waals surface area (Å²) in [5.41, 5.74) is 0.603. The Hall–Kier alpha value is -2.70. The topological polar surface area (TPSA) is 117 Å². The fourth-order valence-electron chi connectivity index (χ4n) is 2.61. The third-order valence-electron chi connectivity index (χ3n) is 3.99. The van der Waals surface area contributed by atoms with Crippen LogP contribution in [0, 0.1) is 5.82 Å². The van der Waals surface area contributed by atoms with Gasteiger partial charge in [0.25, 0.3) is 0 Å². The minimum atomic E-state index is -0.622. The number of hydrogen-bond donors (Lipinski definition) is 3. The van der Waals surface area contributed by atoms with E-state index in [-0.39, 0.29) is 24.8 Å². The molecule has 0 aliphatic carbocycles. The first kappa shape index (κ1) is 21.0. The third kappa shape index (κ3) is 5.22. The molecule has 0 spiro atoms. The molecule has 1 aliphatic rings. The van der Waals surface area contributed by atoms with Crippen LogP contribution in [0.5, 0.6) is 0 Å². The number of aliphatic hydroxyl groups excluding tert-OH is 1. The Kier molecular flexibility index (Phi) is 6.67. The molecular weight excluding hydrogens is 421 g/mol. The van der Waals surface area contributed by atoms with Gasteiger partial charge in [0.05, 0.1) is 30.3 Å². The van der Waals surface area contributed by atoms with E-state index in [0.717, 1.165) is 11.3 Å². The van der Waals surface area contributed by atoms with Crippen molar-refractivity contribution in [1.82, 2.24) is 20.8 Å². The molecule has 2 amide bonds. The molecule has 3 rings (SSSR count). The summed E-state index contributed by atoms with van der Waals surface area (Å²) in [6.45, 7) is 1.87. The molecule has 0 saturated carbocycles. The van der Waals surface area contributed by atoms with Gasteiger partial charge in [0.2, 0.25) is 5.91 Å². The van der Waals surface area contributed by atoms with E-state index in [1.165, 1.54) is 17.0 Å². The summed E-state index contributed by atoms with van der Waals surface area (Å²) in [6, 6.07) is 4.36. The highest BCUT2D eigenvalue weighted by Gasteiger charge is 2.32. The number of nitrogens with zero attached hydrogens (tertiary/aromatic N) is 3. The van der Waals surface area contributed by atoms with E-state index in [0.29, 0.717) is 27.2 Å². The second-order valence-electron chi connectivity index (χ2n) is 6.15. The maximum Gasteiger partial charge on any atom is 0.414 e. The first-order valence-corrected chi connectivity index (χ1v) is 9.82. The maximum atomic E-state index is 14.7. The van der Waals surface area contributed by atoms with Crippen LogP contribution in [0.4, 0.5) is 14.9 Å². The molecule has 29 heavy (non-hydrogen) atoms. The van der Waals surface area contributed by atoms with E-state index >= 15 is 0 Å². The van der Waals surface area contributed by atoms with Crippen molar-refractivity contribution >= 4 is 46.2 Å². The molecule has 2 heterocycles. The molecule has 0 bridgehead atoms. The molecule has 0 radical (unpaired) electrons. The van der Waals surface area contributed by atoms with Crippen LogP contribution in [0.3, 0.4) is 0 Å². The summed E-state index contributed by atoms with van der Waals surface area (Å²) < 4.78 is 19.9. The van der Waals surface area contributed by atoms with Gasteiger partial charge in [0, 0.05) is 5.56 Å². The molecule has 154 valence electrons. The molecule has 12 heteroatoms. The number of rotatable bonds is 7. The van der Waals surface area contributed by atoms with Crippen LogP contribution in [-0.2, 0) is 16.1 Å². The molecule has 9 nitrogen and oxygen atoms in total. The molecular formula is C17H18FN5O4S2. The van der Waals surface area contributed by atoms with Crippen molar-refractivity contribution in [3.05, 3.63) is 29.0 Å². The number of thiocarbonyl (C=S) groups is 1. The number of benzene rings is 1. The van der Waals surface area contributed by atoms with E-state index < -0.39 is 24.4 Å². The van der Waals surface area contributed by atoms with Crippen LogP contribution in [-0.4, -0.2) is 58.1 Å². The Balaban J connectivity index is 1.69. The average Bonchev–Trinajstić information content (AvgIpc) is 3.30. The number of amides is 2. The zero-order valence-electron chi connectivity index (χ0n) is 15.3. The van der Waals surface area contributed by atoms with Crippen molar-refractivity contribution in [2.24, 2.45) is 0 Å². The van der Waals surface area contributed by atoms with Crippen LogP contribution < -0.4 is 15.5 Å². The predicted octanol–water partition coefficient (Wildman–Crippen LogP) is 1.21. The molecule has 1 unspecified atom stereocenters. The average molecular weight is 439 g/mol. The van der Waals surface area contributed by atoms with Gasteiger partial charge in [-0.1, -0.05) is 23.6 Å².